The molecule has 7 rings (SSSR count). The molecular formula is C43H41N2+. The van der Waals surface area contributed by atoms with E-state index in [1.807, 2.05) is 0 Å². The highest BCUT2D eigenvalue weighted by atomic mass is 15.1. The van der Waals surface area contributed by atoms with Gasteiger partial charge in [-0.2, -0.15) is 4.57 Å². The van der Waals surface area contributed by atoms with Crippen molar-refractivity contribution in [1.29, 1.82) is 0 Å². The van der Waals surface area contributed by atoms with E-state index in [0.717, 1.165) is 41.8 Å². The molecule has 1 aliphatic heterocycles. The van der Waals surface area contributed by atoms with Crippen molar-refractivity contribution in [2.75, 3.05) is 0 Å². The normalized spacial score (nSPS) is 16.5. The van der Waals surface area contributed by atoms with E-state index in [4.69, 9.17) is 4.98 Å². The van der Waals surface area contributed by atoms with Crippen LogP contribution < -0.4 is 4.57 Å². The van der Waals surface area contributed by atoms with Crippen molar-refractivity contribution in [2.24, 2.45) is 0 Å². The molecule has 2 heteroatoms. The number of rotatable bonds is 7. The van der Waals surface area contributed by atoms with Gasteiger partial charge < -0.3 is 0 Å². The first-order valence-electron chi connectivity index (χ1n) is 16.4. The van der Waals surface area contributed by atoms with Gasteiger partial charge in [0, 0.05) is 36.1 Å². The molecule has 0 aliphatic carbocycles. The zero-order valence-corrected chi connectivity index (χ0v) is 26.8. The van der Waals surface area contributed by atoms with E-state index in [9.17, 15) is 0 Å². The van der Waals surface area contributed by atoms with E-state index < -0.39 is 0 Å². The van der Waals surface area contributed by atoms with Crippen LogP contribution in [0.25, 0.3) is 56.0 Å². The third kappa shape index (κ3) is 4.71. The average Bonchev–Trinajstić information content (AvgIpc) is 3.12. The molecule has 1 unspecified atom stereocenters. The van der Waals surface area contributed by atoms with Crippen LogP contribution in [0.15, 0.2) is 140 Å². The highest BCUT2D eigenvalue weighted by molar-refractivity contribution is 5.80. The molecule has 0 bridgehead atoms. The molecule has 0 saturated carbocycles. The van der Waals surface area contributed by atoms with Crippen molar-refractivity contribution in [2.45, 2.75) is 57.9 Å². The lowest BCUT2D eigenvalue weighted by Gasteiger charge is -2.47. The molecule has 0 N–H and O–H groups in total. The van der Waals surface area contributed by atoms with Gasteiger partial charge in [0.2, 0.25) is 5.69 Å². The van der Waals surface area contributed by atoms with Gasteiger partial charge in [0.25, 0.3) is 0 Å². The Balaban J connectivity index is 1.36. The van der Waals surface area contributed by atoms with Crippen molar-refractivity contribution in [3.8, 4) is 56.0 Å². The topological polar surface area (TPSA) is 16.8 Å². The van der Waals surface area contributed by atoms with E-state index in [0.29, 0.717) is 0 Å². The van der Waals surface area contributed by atoms with Crippen LogP contribution in [0.1, 0.15) is 52.5 Å². The van der Waals surface area contributed by atoms with Crippen LogP contribution in [0.5, 0.6) is 0 Å². The Morgan fingerprint density at radius 3 is 1.80 bits per heavy atom. The maximum absolute atomic E-state index is 5.20. The summed E-state index contributed by atoms with van der Waals surface area (Å²) in [5, 5.41) is 0. The number of hydrogen-bond acceptors (Lipinski definition) is 1. The molecule has 0 spiro atoms. The highest BCUT2D eigenvalue weighted by Crippen LogP contribution is 2.51. The molecule has 2 nitrogen and oxygen atoms in total. The van der Waals surface area contributed by atoms with Crippen LogP contribution in [0.4, 0.5) is 0 Å². The minimum atomic E-state index is 0.0286. The van der Waals surface area contributed by atoms with Crippen LogP contribution in [0, 0.1) is 0 Å². The van der Waals surface area contributed by atoms with Crippen LogP contribution in [0.2, 0.25) is 0 Å². The van der Waals surface area contributed by atoms with E-state index in [1.54, 1.807) is 0 Å². The quantitative estimate of drug-likeness (QED) is 0.170. The maximum Gasteiger partial charge on any atom is 0.213 e. The first-order valence-corrected chi connectivity index (χ1v) is 16.4. The zero-order chi connectivity index (χ0) is 31.0. The fourth-order valence-corrected chi connectivity index (χ4v) is 7.95. The van der Waals surface area contributed by atoms with E-state index in [2.05, 4.69) is 172 Å². The summed E-state index contributed by atoms with van der Waals surface area (Å²) in [6, 6.07) is 48.2. The molecule has 222 valence electrons. The summed E-state index contributed by atoms with van der Waals surface area (Å²) in [5.74, 6) is 0. The molecule has 0 fully saturated rings. The Morgan fingerprint density at radius 2 is 1.11 bits per heavy atom. The van der Waals surface area contributed by atoms with Crippen LogP contribution >= 0.6 is 0 Å². The lowest BCUT2D eigenvalue weighted by molar-refractivity contribution is -0.769. The van der Waals surface area contributed by atoms with Gasteiger partial charge >= 0.3 is 0 Å². The summed E-state index contributed by atoms with van der Waals surface area (Å²) in [5.41, 5.74) is 13.2. The monoisotopic (exact) mass is 585 g/mol. The summed E-state index contributed by atoms with van der Waals surface area (Å²) < 4.78 is 2.59. The smallest absolute Gasteiger partial charge is 0.213 e. The summed E-state index contributed by atoms with van der Waals surface area (Å²) in [7, 11) is 0. The molecule has 0 saturated heterocycles. The van der Waals surface area contributed by atoms with Crippen LogP contribution in [0.3, 0.4) is 0 Å². The van der Waals surface area contributed by atoms with Gasteiger partial charge in [0.1, 0.15) is 0 Å². The predicted octanol–water partition coefficient (Wildman–Crippen LogP) is 10.9. The van der Waals surface area contributed by atoms with Gasteiger partial charge in [0.05, 0.1) is 22.4 Å². The second-order valence-corrected chi connectivity index (χ2v) is 12.6. The summed E-state index contributed by atoms with van der Waals surface area (Å²) in [4.78, 5) is 5.20. The molecule has 1 aliphatic rings. The average molecular weight is 586 g/mol. The summed E-state index contributed by atoms with van der Waals surface area (Å²) in [6.45, 7) is 9.56. The number of hydrogen-bond donors (Lipinski definition) is 0. The Hall–Kier alpha value is -4.82. The molecule has 4 aromatic carbocycles. The fraction of sp³-hybridized carbons (Fsp3) is 0.209. The molecule has 6 aromatic rings. The van der Waals surface area contributed by atoms with Crippen LogP contribution in [-0.2, 0) is 11.0 Å². The number of pyridine rings is 2. The second-order valence-electron chi connectivity index (χ2n) is 12.6. The lowest BCUT2D eigenvalue weighted by atomic mass is 9.58. The Bertz CT molecular complexity index is 1910. The number of nitrogens with zero attached hydrogens (tertiary/aromatic N) is 2. The van der Waals surface area contributed by atoms with Gasteiger partial charge in [-0.1, -0.05) is 112 Å². The van der Waals surface area contributed by atoms with E-state index >= 15 is 0 Å². The SMILES string of the molecule is CCC1(C)c2ccc(-c3cccc(-c4cc(-c5ccccc5)cc(-c5ccccc5)n4)c3)cc2-c2cccc[n+]2C1(CC)CC. The lowest BCUT2D eigenvalue weighted by Crippen LogP contribution is -2.68. The molecule has 0 amide bonds. The minimum Gasteiger partial charge on any atom is -0.248 e. The number of benzene rings is 4. The van der Waals surface area contributed by atoms with Crippen LogP contribution in [-0.4, -0.2) is 4.98 Å². The number of fused-ring (bicyclic) bond motifs is 3. The van der Waals surface area contributed by atoms with Gasteiger partial charge in [-0.25, -0.2) is 4.98 Å². The van der Waals surface area contributed by atoms with Gasteiger partial charge in [0.15, 0.2) is 11.7 Å². The summed E-state index contributed by atoms with van der Waals surface area (Å²) in [6.07, 6.45) is 5.59. The largest absolute Gasteiger partial charge is 0.248 e. The molecule has 2 aromatic heterocycles. The standard InChI is InChI=1S/C43H41N2/c1-5-42(4)38-25-24-34(28-37(38)41-23-14-15-26-45(41)43(42,6-2)7-3)33-21-16-22-35(27-33)40-30-36(31-17-10-8-11-18-31)29-39(44-40)32-19-12-9-13-20-32/h8-30H,5-7H2,1-4H3/q+1. The molecule has 1 atom stereocenters. The van der Waals surface area contributed by atoms with Crippen molar-refractivity contribution in [3.63, 3.8) is 0 Å². The third-order valence-electron chi connectivity index (χ3n) is 10.6. The Morgan fingerprint density at radius 1 is 0.511 bits per heavy atom. The van der Waals surface area contributed by atoms with E-state index in [-0.39, 0.29) is 11.0 Å². The van der Waals surface area contributed by atoms with Crippen molar-refractivity contribution < 1.29 is 4.57 Å². The highest BCUT2D eigenvalue weighted by Gasteiger charge is 2.58. The third-order valence-corrected chi connectivity index (χ3v) is 10.6. The molecular weight excluding hydrogens is 544 g/mol. The van der Waals surface area contributed by atoms with Crippen molar-refractivity contribution >= 4 is 0 Å². The first kappa shape index (κ1) is 28.9. The minimum absolute atomic E-state index is 0.0286. The summed E-state index contributed by atoms with van der Waals surface area (Å²) >= 11 is 0. The number of aromatic nitrogens is 2. The van der Waals surface area contributed by atoms with Crippen molar-refractivity contribution in [1.82, 2.24) is 4.98 Å². The molecule has 45 heavy (non-hydrogen) atoms. The Kier molecular flexibility index (Phi) is 7.45. The first-order chi connectivity index (χ1) is 22.0. The molecule has 3 heterocycles. The zero-order valence-electron chi connectivity index (χ0n) is 26.8. The van der Waals surface area contributed by atoms with E-state index in [1.165, 1.54) is 39.1 Å². The maximum atomic E-state index is 5.20. The van der Waals surface area contributed by atoms with Crippen molar-refractivity contribution in [3.05, 3.63) is 145 Å². The second kappa shape index (κ2) is 11.6. The van der Waals surface area contributed by atoms with Gasteiger partial charge in [-0.3, -0.25) is 0 Å². The van der Waals surface area contributed by atoms with Gasteiger partial charge in [-0.05, 0) is 71.5 Å². The molecule has 0 radical (unpaired) electrons. The van der Waals surface area contributed by atoms with Gasteiger partial charge in [-0.15, -0.1) is 0 Å². The predicted molar refractivity (Wildman–Crippen MR) is 188 cm³/mol. The fourth-order valence-electron chi connectivity index (χ4n) is 7.95. The Labute approximate surface area is 268 Å².